The van der Waals surface area contributed by atoms with Crippen LogP contribution in [0.1, 0.15) is 19.8 Å². The molecule has 0 aliphatic rings. The maximum Gasteiger partial charge on any atom is 0.330 e. The van der Waals surface area contributed by atoms with Crippen LogP contribution in [0.5, 0.6) is 0 Å². The highest BCUT2D eigenvalue weighted by Crippen LogP contribution is 2.01. The summed E-state index contributed by atoms with van der Waals surface area (Å²) in [6, 6.07) is 0. The molecular weight excluding hydrogens is 214 g/mol. The molecule has 0 aromatic carbocycles. The van der Waals surface area contributed by atoms with Crippen molar-refractivity contribution < 1.29 is 26.4 Å². The largest absolute Gasteiger partial charge is 1.00 e. The number of quaternary nitrogens is 1. The molecule has 0 bridgehead atoms. The van der Waals surface area contributed by atoms with Gasteiger partial charge in [0.15, 0.2) is 0 Å². The maximum absolute atomic E-state index is 10.8. The van der Waals surface area contributed by atoms with Crippen LogP contribution >= 0.6 is 0 Å². The first-order chi connectivity index (χ1) is 6.52. The van der Waals surface area contributed by atoms with Crippen molar-refractivity contribution in [2.45, 2.75) is 19.8 Å². The molecule has 0 atom stereocenters. The third-order valence-electron chi connectivity index (χ3n) is 2.22. The second-order valence-corrected chi connectivity index (χ2v) is 4.11. The van der Waals surface area contributed by atoms with E-state index in [1.807, 2.05) is 0 Å². The molecule has 0 aliphatic carbocycles. The maximum atomic E-state index is 10.8. The lowest BCUT2D eigenvalue weighted by Crippen LogP contribution is -3.00. The van der Waals surface area contributed by atoms with Crippen molar-refractivity contribution in [1.29, 1.82) is 0 Å². The Balaban J connectivity index is 0. The van der Waals surface area contributed by atoms with Crippen LogP contribution in [0.2, 0.25) is 0 Å². The van der Waals surface area contributed by atoms with Gasteiger partial charge in [0, 0.05) is 6.08 Å². The summed E-state index contributed by atoms with van der Waals surface area (Å²) in [5.41, 5.74) is 0. The molecule has 0 aromatic heterocycles. The second-order valence-electron chi connectivity index (χ2n) is 4.11. The average Bonchev–Trinajstić information content (AvgIpc) is 2.14. The zero-order valence-electron chi connectivity index (χ0n) is 9.96. The summed E-state index contributed by atoms with van der Waals surface area (Å²) in [7, 11) is 4.30. The number of likely N-dealkylation sites (N-methyl/N-ethyl adjacent to an activating group) is 1. The molecule has 90 valence electrons. The topological polar surface area (TPSA) is 26.3 Å². The number of nitrogens with zero attached hydrogens (tertiary/aromatic N) is 1. The minimum Gasteiger partial charge on any atom is -1.00 e. The van der Waals surface area contributed by atoms with Crippen LogP contribution in [-0.4, -0.2) is 44.2 Å². The van der Waals surface area contributed by atoms with Crippen molar-refractivity contribution in [3.63, 3.8) is 0 Å². The van der Waals surface area contributed by atoms with Gasteiger partial charge in [-0.25, -0.2) is 4.79 Å². The van der Waals surface area contributed by atoms with Gasteiger partial charge >= 0.3 is 5.97 Å². The van der Waals surface area contributed by atoms with Gasteiger partial charge in [-0.15, -0.1) is 0 Å². The Kier molecular flexibility index (Phi) is 9.84. The molecule has 4 heteroatoms. The zero-order chi connectivity index (χ0) is 11.0. The van der Waals surface area contributed by atoms with E-state index in [9.17, 15) is 4.79 Å². The molecule has 0 heterocycles. The van der Waals surface area contributed by atoms with E-state index in [-0.39, 0.29) is 18.4 Å². The number of esters is 1. The highest BCUT2D eigenvalue weighted by Gasteiger charge is 2.14. The summed E-state index contributed by atoms with van der Waals surface area (Å²) in [6.07, 6.45) is 3.61. The van der Waals surface area contributed by atoms with Crippen molar-refractivity contribution in [2.75, 3.05) is 33.8 Å². The third kappa shape index (κ3) is 9.76. The predicted molar refractivity (Wildman–Crippen MR) is 57.9 cm³/mol. The van der Waals surface area contributed by atoms with Crippen molar-refractivity contribution in [2.24, 2.45) is 0 Å². The Labute approximate surface area is 99.1 Å². The van der Waals surface area contributed by atoms with E-state index >= 15 is 0 Å². The molecule has 15 heavy (non-hydrogen) atoms. The Morgan fingerprint density at radius 2 is 2.00 bits per heavy atom. The second kappa shape index (κ2) is 8.74. The normalized spacial score (nSPS) is 10.3. The molecule has 0 amide bonds. The molecular formula is C11H22ClNO2. The molecule has 0 saturated carbocycles. The molecule has 0 saturated heterocycles. The van der Waals surface area contributed by atoms with E-state index in [0.717, 1.165) is 17.6 Å². The Bertz CT molecular complexity index is 193. The summed E-state index contributed by atoms with van der Waals surface area (Å²) in [5, 5.41) is 0. The van der Waals surface area contributed by atoms with E-state index in [1.165, 1.54) is 18.9 Å². The van der Waals surface area contributed by atoms with Crippen molar-refractivity contribution >= 4 is 5.97 Å². The molecule has 0 rings (SSSR count). The smallest absolute Gasteiger partial charge is 0.330 e. The minimum atomic E-state index is -0.333. The van der Waals surface area contributed by atoms with Crippen molar-refractivity contribution in [3.8, 4) is 0 Å². The van der Waals surface area contributed by atoms with Crippen molar-refractivity contribution in [1.82, 2.24) is 0 Å². The number of ether oxygens (including phenoxy) is 1. The van der Waals surface area contributed by atoms with Crippen LogP contribution in [0.3, 0.4) is 0 Å². The molecule has 0 aromatic rings. The predicted octanol–water partition coefficient (Wildman–Crippen LogP) is -1.40. The number of unbranched alkanes of at least 4 members (excludes halogenated alkanes) is 1. The fourth-order valence-electron chi connectivity index (χ4n) is 1.15. The van der Waals surface area contributed by atoms with E-state index in [2.05, 4.69) is 27.6 Å². The van der Waals surface area contributed by atoms with Gasteiger partial charge in [0.1, 0.15) is 13.2 Å². The number of hydrogen-bond acceptors (Lipinski definition) is 2. The molecule has 0 N–H and O–H groups in total. The molecule has 0 radical (unpaired) electrons. The van der Waals surface area contributed by atoms with E-state index < -0.39 is 0 Å². The number of carbonyl (C=O) groups excluding carboxylic acids is 1. The van der Waals surface area contributed by atoms with E-state index in [0.29, 0.717) is 6.61 Å². The lowest BCUT2D eigenvalue weighted by Gasteiger charge is -2.29. The standard InChI is InChI=1S/C11H22NO2.ClH/c1-5-7-8-12(3,4)9-10-14-11(13)6-2;/h6H,2,5,7-10H2,1,3-4H3;1H/q+1;/p-1. The van der Waals surface area contributed by atoms with Crippen LogP contribution in [0.4, 0.5) is 0 Å². The molecule has 0 unspecified atom stereocenters. The fourth-order valence-corrected chi connectivity index (χ4v) is 1.15. The lowest BCUT2D eigenvalue weighted by atomic mass is 10.3. The van der Waals surface area contributed by atoms with Gasteiger partial charge in [0.05, 0.1) is 20.6 Å². The van der Waals surface area contributed by atoms with Crippen LogP contribution in [0.15, 0.2) is 12.7 Å². The highest BCUT2D eigenvalue weighted by molar-refractivity contribution is 5.81. The van der Waals surface area contributed by atoms with Crippen LogP contribution < -0.4 is 12.4 Å². The van der Waals surface area contributed by atoms with Gasteiger partial charge in [-0.2, -0.15) is 0 Å². The summed E-state index contributed by atoms with van der Waals surface area (Å²) in [5.74, 6) is -0.333. The monoisotopic (exact) mass is 235 g/mol. The average molecular weight is 236 g/mol. The molecule has 0 fully saturated rings. The zero-order valence-corrected chi connectivity index (χ0v) is 10.7. The first kappa shape index (κ1) is 16.9. The molecule has 0 aliphatic heterocycles. The van der Waals surface area contributed by atoms with Crippen LogP contribution in [0.25, 0.3) is 0 Å². The van der Waals surface area contributed by atoms with Gasteiger partial charge in [-0.05, 0) is 6.42 Å². The van der Waals surface area contributed by atoms with Crippen LogP contribution in [0, 0.1) is 0 Å². The SMILES string of the molecule is C=CC(=O)OCC[N+](C)(C)CCCC.[Cl-]. The van der Waals surface area contributed by atoms with Gasteiger partial charge < -0.3 is 21.6 Å². The summed E-state index contributed by atoms with van der Waals surface area (Å²) in [6.45, 7) is 7.99. The lowest BCUT2D eigenvalue weighted by molar-refractivity contribution is -0.890. The van der Waals surface area contributed by atoms with Gasteiger partial charge in [-0.3, -0.25) is 0 Å². The Hall–Kier alpha value is -0.540. The van der Waals surface area contributed by atoms with E-state index in [1.54, 1.807) is 0 Å². The quantitative estimate of drug-likeness (QED) is 0.308. The first-order valence-electron chi connectivity index (χ1n) is 5.13. The van der Waals surface area contributed by atoms with Crippen LogP contribution in [-0.2, 0) is 9.53 Å². The van der Waals surface area contributed by atoms with E-state index in [4.69, 9.17) is 4.74 Å². The van der Waals surface area contributed by atoms with Gasteiger partial charge in [0.2, 0.25) is 0 Å². The number of hydrogen-bond donors (Lipinski definition) is 0. The minimum absolute atomic E-state index is 0. The van der Waals surface area contributed by atoms with Gasteiger partial charge in [0.25, 0.3) is 0 Å². The van der Waals surface area contributed by atoms with Gasteiger partial charge in [-0.1, -0.05) is 19.9 Å². The first-order valence-corrected chi connectivity index (χ1v) is 5.13. The Morgan fingerprint density at radius 3 is 2.47 bits per heavy atom. The number of carbonyl (C=O) groups is 1. The summed E-state index contributed by atoms with van der Waals surface area (Å²) >= 11 is 0. The van der Waals surface area contributed by atoms with Crippen molar-refractivity contribution in [3.05, 3.63) is 12.7 Å². The summed E-state index contributed by atoms with van der Waals surface area (Å²) < 4.78 is 5.84. The Morgan fingerprint density at radius 1 is 1.40 bits per heavy atom. The molecule has 0 spiro atoms. The molecule has 3 nitrogen and oxygen atoms in total. The number of halogens is 1. The highest BCUT2D eigenvalue weighted by atomic mass is 35.5. The fraction of sp³-hybridized carbons (Fsp3) is 0.727. The third-order valence-corrected chi connectivity index (χ3v) is 2.22. The summed E-state index contributed by atoms with van der Waals surface area (Å²) in [4.78, 5) is 10.8. The number of rotatable bonds is 7.